The van der Waals surface area contributed by atoms with Gasteiger partial charge < -0.3 is 14.2 Å². The molecule has 2 bridgehead atoms. The van der Waals surface area contributed by atoms with Gasteiger partial charge in [-0.3, -0.25) is 4.79 Å². The predicted octanol–water partition coefficient (Wildman–Crippen LogP) is 1.27. The molecule has 0 N–H and O–H groups in total. The van der Waals surface area contributed by atoms with Crippen molar-refractivity contribution in [3.8, 4) is 0 Å². The maximum Gasteiger partial charge on any atom is 0.309 e. The molecule has 2 aliphatic heterocycles. The normalized spacial score (nSPS) is 37.6. The summed E-state index contributed by atoms with van der Waals surface area (Å²) in [6.07, 6.45) is 0.267. The van der Waals surface area contributed by atoms with Crippen LogP contribution in [0.5, 0.6) is 0 Å². The minimum Gasteiger partial charge on any atom is -0.461 e. The van der Waals surface area contributed by atoms with Crippen LogP contribution in [0.25, 0.3) is 0 Å². The second-order valence-electron chi connectivity index (χ2n) is 6.13. The summed E-state index contributed by atoms with van der Waals surface area (Å²) in [5.74, 6) is -0.0114. The first-order chi connectivity index (χ1) is 10.0. The van der Waals surface area contributed by atoms with Crippen LogP contribution in [0, 0.1) is 5.92 Å². The third kappa shape index (κ3) is 2.49. The van der Waals surface area contributed by atoms with E-state index in [-0.39, 0.29) is 36.5 Å². The van der Waals surface area contributed by atoms with Gasteiger partial charge in [-0.15, -0.1) is 0 Å². The average Bonchev–Trinajstić information content (AvgIpc) is 2.84. The molecule has 0 radical (unpaired) electrons. The highest BCUT2D eigenvalue weighted by Crippen LogP contribution is 2.49. The number of ether oxygens (including phenoxy) is 3. The number of benzene rings is 1. The number of carbonyl (C=O) groups excluding carboxylic acids is 1. The Morgan fingerprint density at radius 2 is 2.05 bits per heavy atom. The largest absolute Gasteiger partial charge is 0.461 e. The summed E-state index contributed by atoms with van der Waals surface area (Å²) in [5.41, 5.74) is 0.461. The molecule has 2 saturated heterocycles. The Hall–Kier alpha value is -1.33. The van der Waals surface area contributed by atoms with Crippen LogP contribution in [-0.2, 0) is 25.6 Å². The van der Waals surface area contributed by atoms with Gasteiger partial charge in [-0.25, -0.2) is 0 Å². The topological polar surface area (TPSA) is 44.8 Å². The summed E-state index contributed by atoms with van der Waals surface area (Å²) in [6, 6.07) is 9.74. The SMILES string of the molecule is B[C@@H]1O[C@@]2(CC(=O)OCc3ccccc3)C(C)OC1C2C. The maximum atomic E-state index is 12.2. The van der Waals surface area contributed by atoms with E-state index in [0.717, 1.165) is 5.56 Å². The van der Waals surface area contributed by atoms with Crippen molar-refractivity contribution in [2.75, 3.05) is 0 Å². The molecule has 5 atom stereocenters. The molecule has 0 amide bonds. The van der Waals surface area contributed by atoms with E-state index in [9.17, 15) is 4.79 Å². The Morgan fingerprint density at radius 1 is 1.33 bits per heavy atom. The van der Waals surface area contributed by atoms with Crippen LogP contribution in [0.3, 0.4) is 0 Å². The molecule has 3 unspecified atom stereocenters. The van der Waals surface area contributed by atoms with Crippen molar-refractivity contribution in [2.45, 2.75) is 50.7 Å². The van der Waals surface area contributed by atoms with Gasteiger partial charge >= 0.3 is 5.97 Å². The second kappa shape index (κ2) is 5.46. The Kier molecular flexibility index (Phi) is 3.80. The quantitative estimate of drug-likeness (QED) is 0.618. The Balaban J connectivity index is 1.62. The minimum absolute atomic E-state index is 0.0399. The van der Waals surface area contributed by atoms with Crippen molar-refractivity contribution in [3.05, 3.63) is 35.9 Å². The molecule has 1 aromatic rings. The minimum atomic E-state index is -0.530. The van der Waals surface area contributed by atoms with Gasteiger partial charge in [0.15, 0.2) is 0 Å². The van der Waals surface area contributed by atoms with Crippen LogP contribution in [0.4, 0.5) is 0 Å². The van der Waals surface area contributed by atoms with Crippen molar-refractivity contribution in [2.24, 2.45) is 5.92 Å². The van der Waals surface area contributed by atoms with Crippen molar-refractivity contribution in [1.29, 1.82) is 0 Å². The molecular weight excluding hydrogens is 267 g/mol. The van der Waals surface area contributed by atoms with Crippen LogP contribution in [0.2, 0.25) is 0 Å². The fraction of sp³-hybridized carbons (Fsp3) is 0.562. The summed E-state index contributed by atoms with van der Waals surface area (Å²) in [7, 11) is 2.00. The van der Waals surface area contributed by atoms with Gasteiger partial charge in [-0.05, 0) is 12.5 Å². The zero-order chi connectivity index (χ0) is 15.0. The van der Waals surface area contributed by atoms with E-state index in [1.807, 2.05) is 45.1 Å². The Labute approximate surface area is 126 Å². The molecule has 0 spiro atoms. The molecule has 3 rings (SSSR count). The monoisotopic (exact) mass is 288 g/mol. The first-order valence-corrected chi connectivity index (χ1v) is 7.56. The summed E-state index contributed by atoms with van der Waals surface area (Å²) in [5, 5.41) is 0. The number of rotatable bonds is 4. The van der Waals surface area contributed by atoms with Crippen molar-refractivity contribution >= 4 is 13.8 Å². The lowest BCUT2D eigenvalue weighted by atomic mass is 9.82. The first-order valence-electron chi connectivity index (χ1n) is 7.56. The fourth-order valence-electron chi connectivity index (χ4n) is 3.61. The maximum absolute atomic E-state index is 12.2. The molecule has 5 heteroatoms. The van der Waals surface area contributed by atoms with Gasteiger partial charge in [0, 0.05) is 5.92 Å². The number of hydrogen-bond acceptors (Lipinski definition) is 4. The van der Waals surface area contributed by atoms with E-state index in [4.69, 9.17) is 14.2 Å². The van der Waals surface area contributed by atoms with E-state index in [1.165, 1.54) is 0 Å². The van der Waals surface area contributed by atoms with E-state index in [2.05, 4.69) is 6.92 Å². The molecule has 0 aromatic heterocycles. The summed E-state index contributed by atoms with van der Waals surface area (Å²) in [4.78, 5) is 12.2. The van der Waals surface area contributed by atoms with E-state index in [1.54, 1.807) is 0 Å². The molecule has 2 fully saturated rings. The van der Waals surface area contributed by atoms with Gasteiger partial charge in [0.2, 0.25) is 0 Å². The molecule has 4 nitrogen and oxygen atoms in total. The van der Waals surface area contributed by atoms with Gasteiger partial charge in [0.25, 0.3) is 0 Å². The zero-order valence-electron chi connectivity index (χ0n) is 12.7. The molecule has 2 aliphatic rings. The molecule has 1 aromatic carbocycles. The Bertz CT molecular complexity index is 520. The third-order valence-corrected chi connectivity index (χ3v) is 4.84. The van der Waals surface area contributed by atoms with E-state index < -0.39 is 5.60 Å². The highest BCUT2D eigenvalue weighted by Gasteiger charge is 2.62. The zero-order valence-corrected chi connectivity index (χ0v) is 12.7. The molecule has 0 saturated carbocycles. The number of carbonyl (C=O) groups is 1. The van der Waals surface area contributed by atoms with Crippen molar-refractivity contribution in [1.82, 2.24) is 0 Å². The van der Waals surface area contributed by atoms with Crippen LogP contribution in [0.15, 0.2) is 30.3 Å². The fourth-order valence-corrected chi connectivity index (χ4v) is 3.61. The highest BCUT2D eigenvalue weighted by molar-refractivity contribution is 6.11. The lowest BCUT2D eigenvalue weighted by molar-refractivity contribution is -0.175. The molecule has 0 aliphatic carbocycles. The van der Waals surface area contributed by atoms with Gasteiger partial charge in [0.1, 0.15) is 20.1 Å². The lowest BCUT2D eigenvalue weighted by Crippen LogP contribution is -2.46. The number of esters is 1. The molecule has 2 heterocycles. The third-order valence-electron chi connectivity index (χ3n) is 4.84. The number of fused-ring (bicyclic) bond motifs is 2. The second-order valence-corrected chi connectivity index (χ2v) is 6.13. The highest BCUT2D eigenvalue weighted by atomic mass is 16.6. The van der Waals surface area contributed by atoms with Crippen LogP contribution in [-0.4, -0.2) is 37.6 Å². The van der Waals surface area contributed by atoms with Crippen molar-refractivity contribution in [3.63, 3.8) is 0 Å². The number of hydrogen-bond donors (Lipinski definition) is 0. The smallest absolute Gasteiger partial charge is 0.309 e. The van der Waals surface area contributed by atoms with Crippen molar-refractivity contribution < 1.29 is 19.0 Å². The average molecular weight is 288 g/mol. The first kappa shape index (κ1) is 14.6. The Morgan fingerprint density at radius 3 is 2.67 bits per heavy atom. The summed E-state index contributed by atoms with van der Waals surface area (Å²) >= 11 is 0. The van der Waals surface area contributed by atoms with Gasteiger partial charge in [0.05, 0.1) is 24.6 Å². The van der Waals surface area contributed by atoms with Gasteiger partial charge in [-0.1, -0.05) is 37.3 Å². The van der Waals surface area contributed by atoms with E-state index in [0.29, 0.717) is 6.61 Å². The standard InChI is InChI=1S/C16H21BO4/c1-10-14-15(17)21-16(10,11(2)20-14)8-13(18)19-9-12-6-4-3-5-7-12/h3-7,10-11,14-15H,8-9,17H2,1-2H3/t10?,11?,14?,15-,16-/m1/s1. The molecule has 112 valence electrons. The lowest BCUT2D eigenvalue weighted by Gasteiger charge is -2.35. The van der Waals surface area contributed by atoms with Crippen LogP contribution >= 0.6 is 0 Å². The molecule has 21 heavy (non-hydrogen) atoms. The summed E-state index contributed by atoms with van der Waals surface area (Å²) in [6.45, 7) is 4.38. The van der Waals surface area contributed by atoms with E-state index >= 15 is 0 Å². The van der Waals surface area contributed by atoms with Crippen LogP contribution in [0.1, 0.15) is 25.8 Å². The molecular formula is C16H21BO4. The van der Waals surface area contributed by atoms with Gasteiger partial charge in [-0.2, -0.15) is 0 Å². The predicted molar refractivity (Wildman–Crippen MR) is 80.5 cm³/mol. The van der Waals surface area contributed by atoms with Crippen LogP contribution < -0.4 is 0 Å². The summed E-state index contributed by atoms with van der Waals surface area (Å²) < 4.78 is 17.4.